The van der Waals surface area contributed by atoms with Crippen LogP contribution in [0.3, 0.4) is 0 Å². The SMILES string of the molecule is NC(Cc1c[nH]c2ccccc12)C(=O)NC(Cc1ccc(O)cc1)C(=O)NC(CS)C(=O)NC(Cc1ccc(O)cc1)C(=O)O. The highest BCUT2D eigenvalue weighted by atomic mass is 32.1. The summed E-state index contributed by atoms with van der Waals surface area (Å²) < 4.78 is 0. The van der Waals surface area contributed by atoms with Gasteiger partial charge in [0.05, 0.1) is 6.04 Å². The summed E-state index contributed by atoms with van der Waals surface area (Å²) in [6.45, 7) is 0. The van der Waals surface area contributed by atoms with Gasteiger partial charge in [-0.1, -0.05) is 42.5 Å². The third kappa shape index (κ3) is 9.00. The van der Waals surface area contributed by atoms with Crippen molar-refractivity contribution in [3.05, 3.63) is 95.7 Å². The lowest BCUT2D eigenvalue weighted by atomic mass is 10.0. The average Bonchev–Trinajstić information content (AvgIpc) is 3.43. The molecule has 0 aliphatic carbocycles. The zero-order valence-corrected chi connectivity index (χ0v) is 25.0. The van der Waals surface area contributed by atoms with Gasteiger partial charge in [0.2, 0.25) is 17.7 Å². The van der Waals surface area contributed by atoms with Gasteiger partial charge in [-0.3, -0.25) is 14.4 Å². The Balaban J connectivity index is 1.46. The van der Waals surface area contributed by atoms with E-state index in [1.165, 1.54) is 36.4 Å². The number of aromatic nitrogens is 1. The van der Waals surface area contributed by atoms with Crippen molar-refractivity contribution in [3.8, 4) is 11.5 Å². The number of amides is 3. The van der Waals surface area contributed by atoms with Crippen LogP contribution >= 0.6 is 12.6 Å². The van der Waals surface area contributed by atoms with E-state index in [4.69, 9.17) is 5.73 Å². The number of thiol groups is 1. The summed E-state index contributed by atoms with van der Waals surface area (Å²) in [4.78, 5) is 54.9. The summed E-state index contributed by atoms with van der Waals surface area (Å²) >= 11 is 4.19. The van der Waals surface area contributed by atoms with Crippen LogP contribution in [-0.2, 0) is 38.4 Å². The third-order valence-electron chi connectivity index (χ3n) is 7.27. The number of phenolic OH excluding ortho intramolecular Hbond substituents is 2. The molecule has 0 saturated heterocycles. The van der Waals surface area contributed by atoms with Crippen molar-refractivity contribution in [1.29, 1.82) is 0 Å². The van der Waals surface area contributed by atoms with Gasteiger partial charge in [-0.05, 0) is 53.4 Å². The maximum Gasteiger partial charge on any atom is 0.326 e. The molecule has 12 nitrogen and oxygen atoms in total. The number of phenols is 2. The molecule has 1 heterocycles. The molecule has 0 saturated carbocycles. The zero-order chi connectivity index (χ0) is 32.5. The lowest BCUT2D eigenvalue weighted by Crippen LogP contribution is -2.58. The maximum absolute atomic E-state index is 13.5. The largest absolute Gasteiger partial charge is 0.508 e. The Morgan fingerprint density at radius 1 is 0.711 bits per heavy atom. The third-order valence-corrected chi connectivity index (χ3v) is 7.63. The van der Waals surface area contributed by atoms with E-state index in [2.05, 4.69) is 33.6 Å². The molecule has 4 rings (SSSR count). The Hall–Kier alpha value is -5.01. The Bertz CT molecular complexity index is 1640. The minimum absolute atomic E-state index is 0.0111. The summed E-state index contributed by atoms with van der Waals surface area (Å²) in [5, 5.41) is 37.5. The molecule has 9 N–H and O–H groups in total. The van der Waals surface area contributed by atoms with Crippen LogP contribution in [0.15, 0.2) is 79.0 Å². The minimum atomic E-state index is -1.32. The van der Waals surface area contributed by atoms with Gasteiger partial charge in [0.1, 0.15) is 29.6 Å². The predicted octanol–water partition coefficient (Wildman–Crippen LogP) is 1.40. The molecule has 0 bridgehead atoms. The number of carbonyl (C=O) groups excluding carboxylic acids is 3. The second-order valence-corrected chi connectivity index (χ2v) is 11.0. The summed E-state index contributed by atoms with van der Waals surface area (Å²) in [6.07, 6.45) is 1.92. The number of nitrogens with two attached hydrogens (primary N) is 1. The molecule has 45 heavy (non-hydrogen) atoms. The van der Waals surface area contributed by atoms with Crippen LogP contribution < -0.4 is 21.7 Å². The Morgan fingerprint density at radius 2 is 1.22 bits per heavy atom. The predicted molar refractivity (Wildman–Crippen MR) is 171 cm³/mol. The van der Waals surface area contributed by atoms with E-state index in [9.17, 15) is 34.5 Å². The fourth-order valence-electron chi connectivity index (χ4n) is 4.79. The van der Waals surface area contributed by atoms with Crippen LogP contribution in [0.2, 0.25) is 0 Å². The Labute approximate surface area is 264 Å². The molecule has 4 atom stereocenters. The highest BCUT2D eigenvalue weighted by molar-refractivity contribution is 7.80. The minimum Gasteiger partial charge on any atom is -0.508 e. The molecule has 4 unspecified atom stereocenters. The van der Waals surface area contributed by atoms with E-state index < -0.39 is 47.9 Å². The molecule has 0 aliphatic heterocycles. The zero-order valence-electron chi connectivity index (χ0n) is 24.1. The number of aromatic amines is 1. The number of para-hydroxylation sites is 1. The number of carbonyl (C=O) groups is 4. The second kappa shape index (κ2) is 15.1. The molecule has 3 aromatic carbocycles. The first-order valence-electron chi connectivity index (χ1n) is 14.1. The normalized spacial score (nSPS) is 13.7. The number of H-pyrrole nitrogens is 1. The molecule has 13 heteroatoms. The van der Waals surface area contributed by atoms with E-state index in [1.807, 2.05) is 24.3 Å². The number of nitrogens with one attached hydrogen (secondary N) is 4. The molecule has 0 fully saturated rings. The van der Waals surface area contributed by atoms with Crippen molar-refractivity contribution in [2.24, 2.45) is 5.73 Å². The van der Waals surface area contributed by atoms with Gasteiger partial charge in [0.25, 0.3) is 0 Å². The number of hydrogen-bond acceptors (Lipinski definition) is 8. The van der Waals surface area contributed by atoms with Crippen molar-refractivity contribution < 1.29 is 34.5 Å². The lowest BCUT2D eigenvalue weighted by molar-refractivity contribution is -0.142. The number of carboxylic acid groups (broad SMARTS) is 1. The number of benzene rings is 3. The molecule has 0 aliphatic rings. The van der Waals surface area contributed by atoms with E-state index in [-0.39, 0.29) is 36.5 Å². The number of fused-ring (bicyclic) bond motifs is 1. The molecular weight excluding hydrogens is 598 g/mol. The van der Waals surface area contributed by atoms with Crippen LogP contribution in [-0.4, -0.2) is 73.9 Å². The fourth-order valence-corrected chi connectivity index (χ4v) is 5.05. The lowest BCUT2D eigenvalue weighted by Gasteiger charge is -2.24. The van der Waals surface area contributed by atoms with Crippen LogP contribution in [0.1, 0.15) is 16.7 Å². The summed E-state index contributed by atoms with van der Waals surface area (Å²) in [6, 6.07) is 14.8. The van der Waals surface area contributed by atoms with Crippen LogP contribution in [0.25, 0.3) is 10.9 Å². The number of aromatic hydroxyl groups is 2. The standard InChI is InChI=1S/C32H35N5O7S/c33-24(15-20-16-34-25-4-2-1-3-23(20)25)29(40)35-26(13-18-5-9-21(38)10-6-18)30(41)37-28(17-45)31(42)36-27(32(43)44)14-19-7-11-22(39)12-8-19/h1-12,16,24,26-28,34,38-39,45H,13-15,17,33H2,(H,35,40)(H,36,42)(H,37,41)(H,43,44). The van der Waals surface area contributed by atoms with Gasteiger partial charge >= 0.3 is 5.97 Å². The van der Waals surface area contributed by atoms with Gasteiger partial charge in [0.15, 0.2) is 0 Å². The molecular formula is C32H35N5O7S. The highest BCUT2D eigenvalue weighted by Gasteiger charge is 2.30. The maximum atomic E-state index is 13.5. The molecule has 0 spiro atoms. The van der Waals surface area contributed by atoms with E-state index >= 15 is 0 Å². The van der Waals surface area contributed by atoms with Gasteiger partial charge in [-0.25, -0.2) is 4.79 Å². The van der Waals surface area contributed by atoms with E-state index in [0.717, 1.165) is 16.5 Å². The first kappa shape index (κ1) is 32.9. The Kier molecular flexibility index (Phi) is 11.1. The molecule has 1 aromatic heterocycles. The van der Waals surface area contributed by atoms with Gasteiger partial charge in [-0.15, -0.1) is 0 Å². The van der Waals surface area contributed by atoms with Crippen LogP contribution in [0, 0.1) is 0 Å². The van der Waals surface area contributed by atoms with Crippen molar-refractivity contribution in [3.63, 3.8) is 0 Å². The number of rotatable bonds is 14. The van der Waals surface area contributed by atoms with Crippen molar-refractivity contribution in [2.45, 2.75) is 43.4 Å². The smallest absolute Gasteiger partial charge is 0.326 e. The van der Waals surface area contributed by atoms with Gasteiger partial charge in [-0.2, -0.15) is 12.6 Å². The summed E-state index contributed by atoms with van der Waals surface area (Å²) in [5.41, 5.74) is 9.16. The first-order valence-corrected chi connectivity index (χ1v) is 14.8. The number of carboxylic acids is 1. The summed E-state index contributed by atoms with van der Waals surface area (Å²) in [5.74, 6) is -3.50. The topological polar surface area (TPSA) is 207 Å². The monoisotopic (exact) mass is 633 g/mol. The highest BCUT2D eigenvalue weighted by Crippen LogP contribution is 2.19. The molecule has 0 radical (unpaired) electrons. The molecule has 4 aromatic rings. The van der Waals surface area contributed by atoms with Crippen molar-refractivity contribution >= 4 is 47.2 Å². The van der Waals surface area contributed by atoms with Crippen molar-refractivity contribution in [1.82, 2.24) is 20.9 Å². The van der Waals surface area contributed by atoms with Crippen molar-refractivity contribution in [2.75, 3.05) is 5.75 Å². The van der Waals surface area contributed by atoms with E-state index in [0.29, 0.717) is 11.1 Å². The number of aliphatic carboxylic acids is 1. The average molecular weight is 634 g/mol. The quantitative estimate of drug-likeness (QED) is 0.0926. The fraction of sp³-hybridized carbons (Fsp3) is 0.250. The Morgan fingerprint density at radius 3 is 1.80 bits per heavy atom. The van der Waals surface area contributed by atoms with Crippen LogP contribution in [0.5, 0.6) is 11.5 Å². The molecule has 3 amide bonds. The van der Waals surface area contributed by atoms with E-state index in [1.54, 1.807) is 18.3 Å². The number of hydrogen-bond donors (Lipinski definition) is 9. The van der Waals surface area contributed by atoms with Gasteiger partial charge < -0.3 is 42.0 Å². The molecule has 236 valence electrons. The first-order chi connectivity index (χ1) is 21.5. The second-order valence-electron chi connectivity index (χ2n) is 10.6. The van der Waals surface area contributed by atoms with Gasteiger partial charge in [0, 0.05) is 35.7 Å². The van der Waals surface area contributed by atoms with Crippen LogP contribution in [0.4, 0.5) is 0 Å². The summed E-state index contributed by atoms with van der Waals surface area (Å²) in [7, 11) is 0.